The first-order valence-corrected chi connectivity index (χ1v) is 28.8. The van der Waals surface area contributed by atoms with E-state index in [-0.39, 0.29) is 31.1 Å². The molecular formula is C58H112O6. The van der Waals surface area contributed by atoms with E-state index >= 15 is 0 Å². The Kier molecular flexibility index (Phi) is 49.6. The molecule has 0 aliphatic rings. The molecule has 6 heteroatoms. The Morgan fingerprint density at radius 3 is 0.891 bits per heavy atom. The summed E-state index contributed by atoms with van der Waals surface area (Å²) >= 11 is 0. The zero-order valence-electron chi connectivity index (χ0n) is 43.9. The van der Waals surface area contributed by atoms with Gasteiger partial charge in [-0.25, -0.2) is 0 Å². The third-order valence-corrected chi connectivity index (χ3v) is 13.6. The van der Waals surface area contributed by atoms with Crippen molar-refractivity contribution in [3.05, 3.63) is 0 Å². The second kappa shape index (κ2) is 50.8. The second-order valence-corrected chi connectivity index (χ2v) is 20.6. The van der Waals surface area contributed by atoms with Crippen LogP contribution in [0.1, 0.15) is 324 Å². The molecule has 0 saturated heterocycles. The number of ether oxygens (including phenoxy) is 3. The number of carbonyl (C=O) groups is 3. The number of esters is 3. The van der Waals surface area contributed by atoms with Crippen molar-refractivity contribution in [3.63, 3.8) is 0 Å². The zero-order valence-corrected chi connectivity index (χ0v) is 43.9. The normalized spacial score (nSPS) is 12.5. The molecule has 0 radical (unpaired) electrons. The summed E-state index contributed by atoms with van der Waals surface area (Å²) in [7, 11) is 0. The van der Waals surface area contributed by atoms with Crippen LogP contribution in [0.25, 0.3) is 0 Å². The average Bonchev–Trinajstić information content (AvgIpc) is 3.28. The highest BCUT2D eigenvalue weighted by atomic mass is 16.6. The molecule has 0 N–H and O–H groups in total. The molecule has 0 spiro atoms. The van der Waals surface area contributed by atoms with E-state index in [1.807, 2.05) is 0 Å². The molecule has 0 saturated carbocycles. The highest BCUT2D eigenvalue weighted by molar-refractivity contribution is 5.71. The van der Waals surface area contributed by atoms with Gasteiger partial charge in [0.25, 0.3) is 0 Å². The van der Waals surface area contributed by atoms with Crippen molar-refractivity contribution in [2.24, 2.45) is 11.8 Å². The summed E-state index contributed by atoms with van der Waals surface area (Å²) in [6, 6.07) is 0. The van der Waals surface area contributed by atoms with Crippen LogP contribution < -0.4 is 0 Å². The number of rotatable bonds is 52. The molecule has 0 heterocycles. The third kappa shape index (κ3) is 49.8. The van der Waals surface area contributed by atoms with E-state index < -0.39 is 6.10 Å². The van der Waals surface area contributed by atoms with Crippen LogP contribution in [0, 0.1) is 11.8 Å². The maximum absolute atomic E-state index is 12.7. The Morgan fingerprint density at radius 2 is 0.594 bits per heavy atom. The van der Waals surface area contributed by atoms with E-state index in [4.69, 9.17) is 14.2 Å². The zero-order chi connectivity index (χ0) is 46.8. The molecule has 0 rings (SSSR count). The van der Waals surface area contributed by atoms with Crippen molar-refractivity contribution < 1.29 is 28.6 Å². The Balaban J connectivity index is 4.08. The van der Waals surface area contributed by atoms with Gasteiger partial charge in [-0.3, -0.25) is 14.4 Å². The van der Waals surface area contributed by atoms with Gasteiger partial charge in [0.05, 0.1) is 0 Å². The van der Waals surface area contributed by atoms with Crippen LogP contribution in [0.2, 0.25) is 0 Å². The first-order valence-electron chi connectivity index (χ1n) is 28.8. The molecule has 380 valence electrons. The Morgan fingerprint density at radius 1 is 0.328 bits per heavy atom. The highest BCUT2D eigenvalue weighted by Gasteiger charge is 2.19. The van der Waals surface area contributed by atoms with E-state index in [9.17, 15) is 14.4 Å². The van der Waals surface area contributed by atoms with Gasteiger partial charge in [0.2, 0.25) is 0 Å². The summed E-state index contributed by atoms with van der Waals surface area (Å²) in [6.07, 6.45) is 54.0. The molecular weight excluding hydrogens is 793 g/mol. The molecule has 0 aromatic heterocycles. The minimum atomic E-state index is -0.761. The standard InChI is InChI=1S/C58H112O6/c1-6-8-9-10-31-40-45-50-58(61)64-55(52-63-57(60)49-44-39-35-30-26-22-18-17-19-23-27-32-36-41-46-53(3)4)51-62-56(59)48-43-38-34-29-25-21-16-14-12-11-13-15-20-24-28-33-37-42-47-54(5)7-2/h53-55H,6-52H2,1-5H3/t54?,55-/m0/s1. The van der Waals surface area contributed by atoms with Gasteiger partial charge >= 0.3 is 17.9 Å². The molecule has 64 heavy (non-hydrogen) atoms. The van der Waals surface area contributed by atoms with Gasteiger partial charge in [-0.2, -0.15) is 0 Å². The van der Waals surface area contributed by atoms with Gasteiger partial charge in [-0.05, 0) is 31.1 Å². The summed E-state index contributed by atoms with van der Waals surface area (Å²) in [6.45, 7) is 11.4. The van der Waals surface area contributed by atoms with Crippen molar-refractivity contribution in [1.82, 2.24) is 0 Å². The summed E-state index contributed by atoms with van der Waals surface area (Å²) in [4.78, 5) is 37.9. The van der Waals surface area contributed by atoms with Crippen molar-refractivity contribution in [3.8, 4) is 0 Å². The van der Waals surface area contributed by atoms with Gasteiger partial charge in [-0.15, -0.1) is 0 Å². The highest BCUT2D eigenvalue weighted by Crippen LogP contribution is 2.19. The average molecular weight is 906 g/mol. The molecule has 0 aliphatic carbocycles. The fourth-order valence-corrected chi connectivity index (χ4v) is 8.84. The number of carbonyl (C=O) groups excluding carboxylic acids is 3. The van der Waals surface area contributed by atoms with Gasteiger partial charge in [0.1, 0.15) is 13.2 Å². The smallest absolute Gasteiger partial charge is 0.306 e. The van der Waals surface area contributed by atoms with Crippen LogP contribution in [0.5, 0.6) is 0 Å². The van der Waals surface area contributed by atoms with E-state index in [1.54, 1.807) is 0 Å². The minimum Gasteiger partial charge on any atom is -0.462 e. The summed E-state index contributed by atoms with van der Waals surface area (Å²) in [5.74, 6) is 0.907. The van der Waals surface area contributed by atoms with Crippen LogP contribution in [0.15, 0.2) is 0 Å². The third-order valence-electron chi connectivity index (χ3n) is 13.6. The van der Waals surface area contributed by atoms with Crippen LogP contribution in [0.3, 0.4) is 0 Å². The van der Waals surface area contributed by atoms with E-state index in [2.05, 4.69) is 34.6 Å². The Hall–Kier alpha value is -1.59. The molecule has 1 unspecified atom stereocenters. The number of unbranched alkanes of at least 4 members (excludes halogenated alkanes) is 36. The predicted octanol–water partition coefficient (Wildman–Crippen LogP) is 18.9. The summed E-state index contributed by atoms with van der Waals surface area (Å²) in [5, 5.41) is 0. The van der Waals surface area contributed by atoms with Crippen molar-refractivity contribution in [2.45, 2.75) is 330 Å². The van der Waals surface area contributed by atoms with E-state index in [1.165, 1.54) is 212 Å². The molecule has 0 bridgehead atoms. The lowest BCUT2D eigenvalue weighted by Crippen LogP contribution is -2.30. The van der Waals surface area contributed by atoms with Gasteiger partial charge in [0.15, 0.2) is 6.10 Å². The molecule has 0 amide bonds. The summed E-state index contributed by atoms with van der Waals surface area (Å²) in [5.41, 5.74) is 0. The lowest BCUT2D eigenvalue weighted by molar-refractivity contribution is -0.167. The minimum absolute atomic E-state index is 0.0634. The lowest BCUT2D eigenvalue weighted by atomic mass is 9.99. The largest absolute Gasteiger partial charge is 0.462 e. The lowest BCUT2D eigenvalue weighted by Gasteiger charge is -2.18. The molecule has 0 aromatic carbocycles. The molecule has 2 atom stereocenters. The molecule has 6 nitrogen and oxygen atoms in total. The van der Waals surface area contributed by atoms with Gasteiger partial charge in [0, 0.05) is 19.3 Å². The van der Waals surface area contributed by atoms with Crippen LogP contribution in [-0.4, -0.2) is 37.2 Å². The van der Waals surface area contributed by atoms with Crippen LogP contribution >= 0.6 is 0 Å². The molecule has 0 fully saturated rings. The topological polar surface area (TPSA) is 78.9 Å². The summed E-state index contributed by atoms with van der Waals surface area (Å²) < 4.78 is 16.8. The fraction of sp³-hybridized carbons (Fsp3) is 0.948. The number of hydrogen-bond donors (Lipinski definition) is 0. The number of hydrogen-bond acceptors (Lipinski definition) is 6. The first-order chi connectivity index (χ1) is 31.3. The first kappa shape index (κ1) is 62.4. The Labute approximate surface area is 399 Å². The quantitative estimate of drug-likeness (QED) is 0.0344. The van der Waals surface area contributed by atoms with Crippen LogP contribution in [0.4, 0.5) is 0 Å². The van der Waals surface area contributed by atoms with E-state index in [0.29, 0.717) is 19.3 Å². The monoisotopic (exact) mass is 905 g/mol. The maximum Gasteiger partial charge on any atom is 0.306 e. The van der Waals surface area contributed by atoms with E-state index in [0.717, 1.165) is 69.6 Å². The Bertz CT molecular complexity index is 980. The molecule has 0 aliphatic heterocycles. The SMILES string of the molecule is CCCCCCCCCC(=O)O[C@@H](COC(=O)CCCCCCCCCCCCCCCCCCCCC(C)CC)COC(=O)CCCCCCCCCCCCCCCCC(C)C. The van der Waals surface area contributed by atoms with Crippen molar-refractivity contribution in [2.75, 3.05) is 13.2 Å². The molecule has 0 aromatic rings. The van der Waals surface area contributed by atoms with Crippen molar-refractivity contribution >= 4 is 17.9 Å². The van der Waals surface area contributed by atoms with Crippen molar-refractivity contribution in [1.29, 1.82) is 0 Å². The predicted molar refractivity (Wildman–Crippen MR) is 275 cm³/mol. The maximum atomic E-state index is 12.7. The van der Waals surface area contributed by atoms with Gasteiger partial charge in [-0.1, -0.05) is 285 Å². The fourth-order valence-electron chi connectivity index (χ4n) is 8.84. The van der Waals surface area contributed by atoms with Crippen LogP contribution in [-0.2, 0) is 28.6 Å². The van der Waals surface area contributed by atoms with Gasteiger partial charge < -0.3 is 14.2 Å². The second-order valence-electron chi connectivity index (χ2n) is 20.6.